The fraction of sp³-hybridized carbons (Fsp3) is 0.600. The van der Waals surface area contributed by atoms with Crippen molar-refractivity contribution in [1.82, 2.24) is 4.90 Å². The van der Waals surface area contributed by atoms with Gasteiger partial charge in [0.05, 0.1) is 5.60 Å². The van der Waals surface area contributed by atoms with Gasteiger partial charge in [0.2, 0.25) is 0 Å². The minimum atomic E-state index is -0.732. The van der Waals surface area contributed by atoms with Gasteiger partial charge >= 0.3 is 0 Å². The van der Waals surface area contributed by atoms with Crippen LogP contribution in [0.1, 0.15) is 44.2 Å². The van der Waals surface area contributed by atoms with E-state index in [2.05, 4.69) is 17.0 Å². The molecule has 1 N–H and O–H groups in total. The number of aliphatic hydroxyl groups is 1. The van der Waals surface area contributed by atoms with Crippen LogP contribution in [0.4, 0.5) is 0 Å². The summed E-state index contributed by atoms with van der Waals surface area (Å²) >= 11 is 0. The molecule has 0 spiro atoms. The molecule has 1 saturated heterocycles. The first-order valence-electron chi connectivity index (χ1n) is 6.60. The number of hydrogen-bond acceptors (Lipinski definition) is 2. The van der Waals surface area contributed by atoms with Crippen molar-refractivity contribution in [2.45, 2.75) is 45.3 Å². The fourth-order valence-electron chi connectivity index (χ4n) is 2.39. The van der Waals surface area contributed by atoms with E-state index in [0.717, 1.165) is 12.1 Å². The molecule has 94 valence electrons. The minimum Gasteiger partial charge on any atom is -0.386 e. The van der Waals surface area contributed by atoms with Crippen molar-refractivity contribution in [3.63, 3.8) is 0 Å². The molecule has 1 aromatic carbocycles. The predicted octanol–water partition coefficient (Wildman–Crippen LogP) is 2.90. The van der Waals surface area contributed by atoms with Crippen molar-refractivity contribution in [2.24, 2.45) is 0 Å². The van der Waals surface area contributed by atoms with Crippen LogP contribution in [0.15, 0.2) is 24.3 Å². The zero-order valence-electron chi connectivity index (χ0n) is 10.9. The van der Waals surface area contributed by atoms with Gasteiger partial charge in [0, 0.05) is 6.54 Å². The lowest BCUT2D eigenvalue weighted by Crippen LogP contribution is -2.29. The highest BCUT2D eigenvalue weighted by molar-refractivity contribution is 5.26. The van der Waals surface area contributed by atoms with E-state index in [0.29, 0.717) is 0 Å². The maximum atomic E-state index is 9.89. The van der Waals surface area contributed by atoms with Crippen LogP contribution in [-0.4, -0.2) is 23.1 Å². The van der Waals surface area contributed by atoms with E-state index in [1.165, 1.54) is 37.9 Å². The van der Waals surface area contributed by atoms with E-state index >= 15 is 0 Å². The predicted molar refractivity (Wildman–Crippen MR) is 70.8 cm³/mol. The van der Waals surface area contributed by atoms with Crippen LogP contribution >= 0.6 is 0 Å². The molecule has 0 radical (unpaired) electrons. The molecule has 0 unspecified atom stereocenters. The van der Waals surface area contributed by atoms with Gasteiger partial charge in [-0.15, -0.1) is 0 Å². The normalized spacial score (nSPS) is 18.3. The van der Waals surface area contributed by atoms with Crippen LogP contribution in [0.3, 0.4) is 0 Å². The lowest BCUT2D eigenvalue weighted by atomic mass is 9.97. The number of likely N-dealkylation sites (tertiary alicyclic amines) is 1. The molecule has 0 atom stereocenters. The average Bonchev–Trinajstić information content (AvgIpc) is 2.30. The maximum absolute atomic E-state index is 9.89. The van der Waals surface area contributed by atoms with E-state index in [1.54, 1.807) is 0 Å². The first-order valence-corrected chi connectivity index (χ1v) is 6.60. The number of rotatable bonds is 3. The Labute approximate surface area is 104 Å². The monoisotopic (exact) mass is 233 g/mol. The smallest absolute Gasteiger partial charge is 0.0840 e. The molecular formula is C15H23NO. The summed E-state index contributed by atoms with van der Waals surface area (Å²) < 4.78 is 0. The number of nitrogens with zero attached hydrogens (tertiary/aromatic N) is 1. The molecule has 0 saturated carbocycles. The van der Waals surface area contributed by atoms with Crippen LogP contribution in [0.2, 0.25) is 0 Å². The first-order chi connectivity index (χ1) is 8.05. The van der Waals surface area contributed by atoms with Gasteiger partial charge in [-0.05, 0) is 50.9 Å². The second kappa shape index (κ2) is 5.19. The fourth-order valence-corrected chi connectivity index (χ4v) is 2.39. The van der Waals surface area contributed by atoms with Crippen LogP contribution in [0.5, 0.6) is 0 Å². The quantitative estimate of drug-likeness (QED) is 0.867. The molecule has 1 fully saturated rings. The third-order valence-electron chi connectivity index (χ3n) is 3.52. The second-order valence-electron chi connectivity index (χ2n) is 5.59. The van der Waals surface area contributed by atoms with Gasteiger partial charge < -0.3 is 5.11 Å². The molecule has 0 aromatic heterocycles. The summed E-state index contributed by atoms with van der Waals surface area (Å²) in [6, 6.07) is 8.36. The van der Waals surface area contributed by atoms with Crippen LogP contribution in [0, 0.1) is 0 Å². The summed E-state index contributed by atoms with van der Waals surface area (Å²) in [7, 11) is 0. The van der Waals surface area contributed by atoms with Crippen LogP contribution in [0.25, 0.3) is 0 Å². The van der Waals surface area contributed by atoms with Crippen LogP contribution < -0.4 is 0 Å². The van der Waals surface area contributed by atoms with Gasteiger partial charge in [-0.25, -0.2) is 0 Å². The average molecular weight is 233 g/mol. The molecule has 2 rings (SSSR count). The molecular weight excluding hydrogens is 210 g/mol. The largest absolute Gasteiger partial charge is 0.386 e. The molecule has 2 nitrogen and oxygen atoms in total. The Kier molecular flexibility index (Phi) is 3.85. The summed E-state index contributed by atoms with van der Waals surface area (Å²) in [4.78, 5) is 2.52. The molecule has 1 aromatic rings. The summed E-state index contributed by atoms with van der Waals surface area (Å²) in [5.74, 6) is 0. The Morgan fingerprint density at radius 1 is 1.06 bits per heavy atom. The van der Waals surface area contributed by atoms with Crippen molar-refractivity contribution in [1.29, 1.82) is 0 Å². The highest BCUT2D eigenvalue weighted by Gasteiger charge is 2.15. The zero-order valence-corrected chi connectivity index (χ0v) is 10.9. The van der Waals surface area contributed by atoms with Crippen molar-refractivity contribution in [2.75, 3.05) is 13.1 Å². The van der Waals surface area contributed by atoms with E-state index in [1.807, 2.05) is 26.0 Å². The van der Waals surface area contributed by atoms with Gasteiger partial charge in [0.1, 0.15) is 0 Å². The van der Waals surface area contributed by atoms with Gasteiger partial charge in [-0.2, -0.15) is 0 Å². The van der Waals surface area contributed by atoms with Crippen molar-refractivity contribution < 1.29 is 5.11 Å². The molecule has 1 aliphatic heterocycles. The van der Waals surface area contributed by atoms with Gasteiger partial charge in [0.15, 0.2) is 0 Å². The minimum absolute atomic E-state index is 0.732. The molecule has 0 amide bonds. The van der Waals surface area contributed by atoms with Crippen molar-refractivity contribution in [3.8, 4) is 0 Å². The molecule has 1 aliphatic rings. The Hall–Kier alpha value is -0.860. The van der Waals surface area contributed by atoms with Crippen molar-refractivity contribution >= 4 is 0 Å². The summed E-state index contributed by atoms with van der Waals surface area (Å²) in [6.07, 6.45) is 4.05. The highest BCUT2D eigenvalue weighted by Crippen LogP contribution is 2.20. The lowest BCUT2D eigenvalue weighted by Gasteiger charge is -2.26. The Bertz CT molecular complexity index is 344. The highest BCUT2D eigenvalue weighted by atomic mass is 16.3. The SMILES string of the molecule is CC(C)(O)c1ccc(CN2CCCCC2)cc1. The topological polar surface area (TPSA) is 23.5 Å². The Balaban J connectivity index is 1.98. The second-order valence-corrected chi connectivity index (χ2v) is 5.59. The third-order valence-corrected chi connectivity index (χ3v) is 3.52. The Morgan fingerprint density at radius 2 is 1.65 bits per heavy atom. The van der Waals surface area contributed by atoms with E-state index in [9.17, 15) is 5.11 Å². The molecule has 1 heterocycles. The van der Waals surface area contributed by atoms with Crippen molar-refractivity contribution in [3.05, 3.63) is 35.4 Å². The third kappa shape index (κ3) is 3.55. The van der Waals surface area contributed by atoms with Gasteiger partial charge in [-0.1, -0.05) is 30.7 Å². The Morgan fingerprint density at radius 3 is 2.18 bits per heavy atom. The van der Waals surface area contributed by atoms with E-state index in [-0.39, 0.29) is 0 Å². The van der Waals surface area contributed by atoms with E-state index in [4.69, 9.17) is 0 Å². The summed E-state index contributed by atoms with van der Waals surface area (Å²) in [5.41, 5.74) is 1.60. The first kappa shape index (κ1) is 12.6. The molecule has 0 aliphatic carbocycles. The number of piperidine rings is 1. The lowest BCUT2D eigenvalue weighted by molar-refractivity contribution is 0.0785. The zero-order chi connectivity index (χ0) is 12.3. The molecule has 0 bridgehead atoms. The maximum Gasteiger partial charge on any atom is 0.0840 e. The van der Waals surface area contributed by atoms with Gasteiger partial charge in [0.25, 0.3) is 0 Å². The number of benzene rings is 1. The molecule has 17 heavy (non-hydrogen) atoms. The summed E-state index contributed by atoms with van der Waals surface area (Å²) in [6.45, 7) is 7.16. The standard InChI is InChI=1S/C15H23NO/c1-15(2,17)14-8-6-13(7-9-14)12-16-10-4-3-5-11-16/h6-9,17H,3-5,10-12H2,1-2H3. The molecule has 2 heteroatoms. The van der Waals surface area contributed by atoms with E-state index < -0.39 is 5.60 Å². The van der Waals surface area contributed by atoms with Gasteiger partial charge in [-0.3, -0.25) is 4.90 Å². The summed E-state index contributed by atoms with van der Waals surface area (Å²) in [5, 5.41) is 9.89. The van der Waals surface area contributed by atoms with Crippen LogP contribution in [-0.2, 0) is 12.1 Å². The number of hydrogen-bond donors (Lipinski definition) is 1.